The maximum absolute atomic E-state index is 2.51. The summed E-state index contributed by atoms with van der Waals surface area (Å²) in [6, 6.07) is 49.7. The van der Waals surface area contributed by atoms with Crippen LogP contribution in [0.3, 0.4) is 0 Å². The second kappa shape index (κ2) is 9.31. The number of rotatable bonds is 2. The zero-order valence-corrected chi connectivity index (χ0v) is 26.1. The summed E-state index contributed by atoms with van der Waals surface area (Å²) in [5, 5.41) is 10.5. The molecule has 1 nitrogen and oxygen atoms in total. The molecule has 7 aromatic carbocycles. The Labute approximate surface area is 268 Å². The van der Waals surface area contributed by atoms with Crippen LogP contribution in [0.2, 0.25) is 0 Å². The van der Waals surface area contributed by atoms with Gasteiger partial charge in [0, 0.05) is 27.8 Å². The number of para-hydroxylation sites is 1. The van der Waals surface area contributed by atoms with Crippen molar-refractivity contribution >= 4 is 59.7 Å². The van der Waals surface area contributed by atoms with Gasteiger partial charge in [-0.3, -0.25) is 0 Å². The van der Waals surface area contributed by atoms with E-state index in [0.29, 0.717) is 5.92 Å². The lowest BCUT2D eigenvalue weighted by Crippen LogP contribution is -2.19. The minimum Gasteiger partial charge on any atom is -0.309 e. The van der Waals surface area contributed by atoms with Crippen molar-refractivity contribution in [1.29, 1.82) is 0 Å². The van der Waals surface area contributed by atoms with Crippen LogP contribution in [0.25, 0.3) is 65.4 Å². The van der Waals surface area contributed by atoms with Crippen molar-refractivity contribution in [3.63, 3.8) is 0 Å². The van der Waals surface area contributed by atoms with Crippen LogP contribution in [-0.4, -0.2) is 4.57 Å². The van der Waals surface area contributed by atoms with E-state index >= 15 is 0 Å². The molecule has 0 bridgehead atoms. The quantitative estimate of drug-likeness (QED) is 0.177. The van der Waals surface area contributed by atoms with Gasteiger partial charge in [-0.1, -0.05) is 135 Å². The number of aromatic nitrogens is 1. The van der Waals surface area contributed by atoms with E-state index in [9.17, 15) is 0 Å². The normalized spacial score (nSPS) is 17.0. The molecular weight excluding hydrogens is 555 g/mol. The Morgan fingerprint density at radius 2 is 1.15 bits per heavy atom. The SMILES string of the molecule is CC1(C)C2=C(C=CC(c3ccccc3)C2)c2cc3c4ccccc4n(-c4ccc5c6ccccc6c6ccccc6c5c4)c3cc21. The second-order valence-electron chi connectivity index (χ2n) is 13.7. The molecule has 0 saturated heterocycles. The largest absolute Gasteiger partial charge is 0.309 e. The lowest BCUT2D eigenvalue weighted by atomic mass is 9.75. The third kappa shape index (κ3) is 3.46. The van der Waals surface area contributed by atoms with Gasteiger partial charge in [0.15, 0.2) is 0 Å². The molecule has 1 heterocycles. The van der Waals surface area contributed by atoms with Crippen molar-refractivity contribution in [1.82, 2.24) is 4.57 Å². The van der Waals surface area contributed by atoms with Crippen molar-refractivity contribution < 1.29 is 0 Å². The zero-order valence-electron chi connectivity index (χ0n) is 26.1. The molecule has 0 amide bonds. The molecule has 0 N–H and O–H groups in total. The van der Waals surface area contributed by atoms with E-state index in [1.54, 1.807) is 5.57 Å². The van der Waals surface area contributed by atoms with Gasteiger partial charge in [-0.05, 0) is 91.3 Å². The number of hydrogen-bond acceptors (Lipinski definition) is 0. The van der Waals surface area contributed by atoms with Gasteiger partial charge in [-0.2, -0.15) is 0 Å². The summed E-state index contributed by atoms with van der Waals surface area (Å²) in [6.07, 6.45) is 5.90. The van der Waals surface area contributed by atoms with E-state index in [1.807, 2.05) is 0 Å². The average Bonchev–Trinajstić information content (AvgIpc) is 3.55. The monoisotopic (exact) mass is 587 g/mol. The fourth-order valence-corrected chi connectivity index (χ4v) is 8.71. The Morgan fingerprint density at radius 3 is 1.87 bits per heavy atom. The Balaban J connectivity index is 1.21. The van der Waals surface area contributed by atoms with Crippen LogP contribution in [0, 0.1) is 0 Å². The summed E-state index contributed by atoms with van der Waals surface area (Å²) in [5.41, 5.74) is 10.9. The van der Waals surface area contributed by atoms with E-state index in [-0.39, 0.29) is 5.41 Å². The van der Waals surface area contributed by atoms with Crippen molar-refractivity contribution in [3.05, 3.63) is 168 Å². The first-order valence-electron chi connectivity index (χ1n) is 16.5. The van der Waals surface area contributed by atoms with Crippen molar-refractivity contribution in [3.8, 4) is 5.69 Å². The van der Waals surface area contributed by atoms with Gasteiger partial charge in [-0.25, -0.2) is 0 Å². The van der Waals surface area contributed by atoms with E-state index < -0.39 is 0 Å². The Hall–Kier alpha value is -5.40. The minimum absolute atomic E-state index is 0.0452. The highest BCUT2D eigenvalue weighted by Crippen LogP contribution is 2.54. The molecule has 2 aliphatic carbocycles. The number of nitrogens with zero attached hydrogens (tertiary/aromatic N) is 1. The third-order valence-electron chi connectivity index (χ3n) is 11.0. The molecule has 1 atom stereocenters. The van der Waals surface area contributed by atoms with Gasteiger partial charge in [0.1, 0.15) is 0 Å². The predicted molar refractivity (Wildman–Crippen MR) is 196 cm³/mol. The first-order chi connectivity index (χ1) is 22.6. The van der Waals surface area contributed by atoms with Crippen LogP contribution < -0.4 is 0 Å². The highest BCUT2D eigenvalue weighted by molar-refractivity contribution is 6.25. The van der Waals surface area contributed by atoms with Crippen LogP contribution in [0.5, 0.6) is 0 Å². The Morgan fingerprint density at radius 1 is 0.543 bits per heavy atom. The number of fused-ring (bicyclic) bond motifs is 11. The first-order valence-corrected chi connectivity index (χ1v) is 16.5. The molecule has 1 unspecified atom stereocenters. The number of allylic oxidation sites excluding steroid dienone is 4. The highest BCUT2D eigenvalue weighted by Gasteiger charge is 2.40. The standard InChI is InChI=1S/C45H33N/c1-45(2)41-24-29(28-12-4-3-5-13-28)20-22-36(41)39-26-40-37-18-10-11-19-43(37)46(44(40)27-42(39)45)30-21-23-35-33-16-7-6-14-31(33)32-15-8-9-17-34(32)38(35)25-30/h3-23,25-27,29H,24H2,1-2H3. The summed E-state index contributed by atoms with van der Waals surface area (Å²) in [4.78, 5) is 0. The maximum Gasteiger partial charge on any atom is 0.0544 e. The molecule has 46 heavy (non-hydrogen) atoms. The highest BCUT2D eigenvalue weighted by atomic mass is 15.0. The van der Waals surface area contributed by atoms with Crippen LogP contribution in [0.1, 0.15) is 42.9 Å². The van der Waals surface area contributed by atoms with Gasteiger partial charge < -0.3 is 4.57 Å². The van der Waals surface area contributed by atoms with Gasteiger partial charge in [0.2, 0.25) is 0 Å². The average molecular weight is 588 g/mol. The molecule has 0 spiro atoms. The number of benzene rings is 7. The first kappa shape index (κ1) is 25.9. The molecule has 1 heteroatoms. The summed E-state index contributed by atoms with van der Waals surface area (Å²) in [5.74, 6) is 0.418. The Bertz CT molecular complexity index is 2590. The topological polar surface area (TPSA) is 4.93 Å². The van der Waals surface area contributed by atoms with Gasteiger partial charge in [-0.15, -0.1) is 0 Å². The van der Waals surface area contributed by atoms with Crippen molar-refractivity contribution in [2.45, 2.75) is 31.6 Å². The van der Waals surface area contributed by atoms with E-state index in [4.69, 9.17) is 0 Å². The molecule has 8 aromatic rings. The van der Waals surface area contributed by atoms with E-state index in [1.165, 1.54) is 82.1 Å². The van der Waals surface area contributed by atoms with Gasteiger partial charge >= 0.3 is 0 Å². The Kier molecular flexibility index (Phi) is 5.24. The fourth-order valence-electron chi connectivity index (χ4n) is 8.71. The molecule has 0 radical (unpaired) electrons. The van der Waals surface area contributed by atoms with Crippen LogP contribution in [-0.2, 0) is 5.41 Å². The van der Waals surface area contributed by atoms with Crippen molar-refractivity contribution in [2.75, 3.05) is 0 Å². The lowest BCUT2D eigenvalue weighted by Gasteiger charge is -2.29. The zero-order chi connectivity index (χ0) is 30.6. The van der Waals surface area contributed by atoms with Crippen LogP contribution in [0.15, 0.2) is 151 Å². The second-order valence-corrected chi connectivity index (χ2v) is 13.7. The van der Waals surface area contributed by atoms with E-state index in [2.05, 4.69) is 164 Å². The molecule has 218 valence electrons. The van der Waals surface area contributed by atoms with Crippen LogP contribution in [0.4, 0.5) is 0 Å². The fraction of sp³-hybridized carbons (Fsp3) is 0.111. The molecule has 1 aromatic heterocycles. The lowest BCUT2D eigenvalue weighted by molar-refractivity contribution is 0.591. The maximum atomic E-state index is 2.51. The van der Waals surface area contributed by atoms with Crippen molar-refractivity contribution in [2.24, 2.45) is 0 Å². The summed E-state index contributed by atoms with van der Waals surface area (Å²) < 4.78 is 2.50. The summed E-state index contributed by atoms with van der Waals surface area (Å²) in [7, 11) is 0. The molecule has 0 fully saturated rings. The molecule has 10 rings (SSSR count). The predicted octanol–water partition coefficient (Wildman–Crippen LogP) is 12.0. The molecule has 0 aliphatic heterocycles. The van der Waals surface area contributed by atoms with Gasteiger partial charge in [0.05, 0.1) is 11.0 Å². The van der Waals surface area contributed by atoms with Crippen LogP contribution >= 0.6 is 0 Å². The summed E-state index contributed by atoms with van der Waals surface area (Å²) in [6.45, 7) is 4.86. The molecule has 0 saturated carbocycles. The molecular formula is C45H33N. The van der Waals surface area contributed by atoms with Gasteiger partial charge in [0.25, 0.3) is 0 Å². The minimum atomic E-state index is -0.0452. The third-order valence-corrected chi connectivity index (χ3v) is 11.0. The smallest absolute Gasteiger partial charge is 0.0544 e. The number of hydrogen-bond donors (Lipinski definition) is 0. The van der Waals surface area contributed by atoms with E-state index in [0.717, 1.165) is 6.42 Å². The summed E-state index contributed by atoms with van der Waals surface area (Å²) >= 11 is 0. The molecule has 2 aliphatic rings.